The highest BCUT2D eigenvalue weighted by molar-refractivity contribution is 5.93. The van der Waals surface area contributed by atoms with E-state index in [1.165, 1.54) is 6.20 Å². The summed E-state index contributed by atoms with van der Waals surface area (Å²) in [6.45, 7) is 20.3. The van der Waals surface area contributed by atoms with E-state index in [-0.39, 0.29) is 72.7 Å². The second-order valence-corrected chi connectivity index (χ2v) is 23.8. The highest BCUT2D eigenvalue weighted by Gasteiger charge is 2.58. The zero-order valence-electron chi connectivity index (χ0n) is 48.1. The van der Waals surface area contributed by atoms with E-state index in [0.29, 0.717) is 38.1 Å². The van der Waals surface area contributed by atoms with Crippen LogP contribution in [0.25, 0.3) is 10.9 Å². The second kappa shape index (κ2) is 25.0. The average molecular weight is 1110 g/mol. The highest BCUT2D eigenvalue weighted by Crippen LogP contribution is 2.43. The number of carbonyl (C=O) groups excluding carboxylic acids is 2. The Morgan fingerprint density at radius 2 is 1.67 bits per heavy atom. The van der Waals surface area contributed by atoms with Crippen molar-refractivity contribution in [2.75, 3.05) is 66.4 Å². The van der Waals surface area contributed by atoms with Gasteiger partial charge in [-0.2, -0.15) is 0 Å². The molecule has 5 heterocycles. The fourth-order valence-corrected chi connectivity index (χ4v) is 12.6. The summed E-state index contributed by atoms with van der Waals surface area (Å²) in [5.41, 5.74) is -4.39. The number of ether oxygens (including phenoxy) is 9. The van der Waals surface area contributed by atoms with E-state index in [9.17, 15) is 34.5 Å². The van der Waals surface area contributed by atoms with Gasteiger partial charge in [-0.25, -0.2) is 14.0 Å². The fraction of sp³-hybridized carbons (Fsp3) is 0.786. The summed E-state index contributed by atoms with van der Waals surface area (Å²) in [5.74, 6) is -4.67. The third-order valence-electron chi connectivity index (χ3n) is 17.1. The molecule has 0 unspecified atom stereocenters. The Labute approximate surface area is 458 Å². The first-order valence-corrected chi connectivity index (χ1v) is 27.9. The molecule has 1 saturated carbocycles. The van der Waals surface area contributed by atoms with Crippen LogP contribution in [0.3, 0.4) is 0 Å². The van der Waals surface area contributed by atoms with Gasteiger partial charge < -0.3 is 78.1 Å². The standard InChI is InChI=1S/C56H88FN5O16/c1-15-42-56(10)48(77-53(68)78-56)33(6)61(13)27-29(2)25-54(8,69)47(76-52-45(64)41(60(11)12)22-30(3)72-52)31(4)46(32(5)51(67)74-42)75-43-26-55(9,70-14)49(34(7)73-43)71-21-20-58-18-19-59-39-24-40-36(23-38(39)57)44(63)37(50(65)66)28-62(40)35-16-17-35/h23-24,28-35,41-43,45-49,52,58-59,64,69H,15-22,25-27H2,1-14H3,(H,65,66)/t29-,30-,31+,32-,33-,34+,41+,42-,43+,45-,46+,47+,48-,49+,52+,54-,55-,56-/m1/s1. The molecular weight excluding hydrogens is 1020 g/mol. The van der Waals surface area contributed by atoms with Gasteiger partial charge in [-0.15, -0.1) is 0 Å². The SMILES string of the molecule is CC[C@H]1OC(=O)[C@H](C)[C@@H](O[C@H]2C[C@@](C)(OC)[C@@H](OCCNCCNc3cc4c(cc3F)c(=O)c(C(=O)O)cn4C3CC3)[C@H](C)O2)[C@H](C)[C@H](O[C@@H]2O[C@H](C)C[C@H](N(C)C)[C@H]2O)[C@](C)(O)C[C@@H](C)CN(C)[C@H](C)[C@H]2OC(=O)O[C@@]21C. The summed E-state index contributed by atoms with van der Waals surface area (Å²) in [5, 5.41) is 40.7. The fourth-order valence-electron chi connectivity index (χ4n) is 12.6. The molecule has 0 spiro atoms. The number of fused-ring (bicyclic) bond motifs is 2. The molecule has 78 heavy (non-hydrogen) atoms. The lowest BCUT2D eigenvalue weighted by Crippen LogP contribution is -2.61. The van der Waals surface area contributed by atoms with Crippen molar-refractivity contribution in [1.29, 1.82) is 0 Å². The van der Waals surface area contributed by atoms with Crippen LogP contribution in [0.5, 0.6) is 0 Å². The lowest BCUT2D eigenvalue weighted by Gasteiger charge is -2.49. The number of carboxylic acids is 1. The van der Waals surface area contributed by atoms with Gasteiger partial charge in [0, 0.05) is 75.3 Å². The number of benzene rings is 1. The van der Waals surface area contributed by atoms with Crippen molar-refractivity contribution in [3.8, 4) is 0 Å². The van der Waals surface area contributed by atoms with Crippen molar-refractivity contribution < 1.29 is 76.7 Å². The van der Waals surface area contributed by atoms with E-state index < -0.39 is 113 Å². The number of rotatable bonds is 17. The van der Waals surface area contributed by atoms with Crippen LogP contribution in [0.2, 0.25) is 0 Å². The molecule has 0 bridgehead atoms. The van der Waals surface area contributed by atoms with E-state index in [4.69, 9.17) is 42.6 Å². The van der Waals surface area contributed by atoms with Gasteiger partial charge in [0.15, 0.2) is 24.3 Å². The minimum atomic E-state index is -1.61. The number of aliphatic hydroxyl groups excluding tert-OH is 1. The minimum absolute atomic E-state index is 0.0210. The third-order valence-corrected chi connectivity index (χ3v) is 17.1. The van der Waals surface area contributed by atoms with Crippen LogP contribution in [-0.2, 0) is 47.4 Å². The van der Waals surface area contributed by atoms with Crippen molar-refractivity contribution in [1.82, 2.24) is 19.7 Å². The van der Waals surface area contributed by atoms with Gasteiger partial charge in [-0.1, -0.05) is 20.8 Å². The van der Waals surface area contributed by atoms with Gasteiger partial charge >= 0.3 is 18.1 Å². The van der Waals surface area contributed by atoms with Crippen molar-refractivity contribution in [2.24, 2.45) is 17.8 Å². The van der Waals surface area contributed by atoms with Crippen LogP contribution in [0.15, 0.2) is 23.1 Å². The lowest BCUT2D eigenvalue weighted by molar-refractivity contribution is -0.320. The first kappa shape index (κ1) is 61.5. The maximum atomic E-state index is 15.3. The Bertz CT molecular complexity index is 2480. The molecule has 4 aliphatic heterocycles. The molecule has 440 valence electrons. The van der Waals surface area contributed by atoms with Crippen molar-refractivity contribution >= 4 is 34.7 Å². The Balaban J connectivity index is 1.08. The van der Waals surface area contributed by atoms with Gasteiger partial charge in [0.25, 0.3) is 0 Å². The van der Waals surface area contributed by atoms with Gasteiger partial charge in [0.05, 0.1) is 59.3 Å². The van der Waals surface area contributed by atoms with E-state index in [1.54, 1.807) is 38.5 Å². The largest absolute Gasteiger partial charge is 0.509 e. The number of hydrogen-bond acceptors (Lipinski definition) is 19. The number of carboxylic acid groups (broad SMARTS) is 1. The molecule has 2 aromatic rings. The molecule has 5 aliphatic rings. The Morgan fingerprint density at radius 1 is 0.962 bits per heavy atom. The van der Waals surface area contributed by atoms with Crippen LogP contribution in [-0.4, -0.2) is 199 Å². The van der Waals surface area contributed by atoms with Crippen LogP contribution < -0.4 is 16.1 Å². The molecule has 0 radical (unpaired) electrons. The monoisotopic (exact) mass is 1110 g/mol. The number of aromatic carboxylic acids is 1. The predicted molar refractivity (Wildman–Crippen MR) is 286 cm³/mol. The molecule has 1 aromatic carbocycles. The molecular formula is C56H88FN5O16. The van der Waals surface area contributed by atoms with Gasteiger partial charge in [0.2, 0.25) is 5.43 Å². The number of aliphatic hydroxyl groups is 2. The van der Waals surface area contributed by atoms with Crippen molar-refractivity contribution in [2.45, 2.75) is 204 Å². The summed E-state index contributed by atoms with van der Waals surface area (Å²) < 4.78 is 74.7. The number of cyclic esters (lactones) is 1. The number of carbonyl (C=O) groups is 3. The second-order valence-electron chi connectivity index (χ2n) is 23.8. The van der Waals surface area contributed by atoms with Crippen LogP contribution in [0.1, 0.15) is 124 Å². The number of halogens is 1. The Morgan fingerprint density at radius 3 is 2.31 bits per heavy atom. The molecule has 7 rings (SSSR count). The number of aromatic nitrogens is 1. The summed E-state index contributed by atoms with van der Waals surface area (Å²) in [6.07, 6.45) is -5.21. The quantitative estimate of drug-likeness (QED) is 0.0997. The van der Waals surface area contributed by atoms with Crippen LogP contribution >= 0.6 is 0 Å². The molecule has 5 N–H and O–H groups in total. The van der Waals surface area contributed by atoms with E-state index in [1.807, 2.05) is 79.4 Å². The molecule has 22 heteroatoms. The van der Waals surface area contributed by atoms with Gasteiger partial charge in [-0.3, -0.25) is 14.5 Å². The molecule has 18 atom stereocenters. The Kier molecular flexibility index (Phi) is 19.7. The molecule has 5 fully saturated rings. The summed E-state index contributed by atoms with van der Waals surface area (Å²) in [4.78, 5) is 56.4. The van der Waals surface area contributed by atoms with Crippen molar-refractivity contribution in [3.63, 3.8) is 0 Å². The number of hydrogen-bond donors (Lipinski definition) is 5. The van der Waals surface area contributed by atoms with E-state index >= 15 is 4.39 Å². The lowest BCUT2D eigenvalue weighted by atomic mass is 9.77. The molecule has 1 aromatic heterocycles. The summed E-state index contributed by atoms with van der Waals surface area (Å²) >= 11 is 0. The zero-order valence-corrected chi connectivity index (χ0v) is 48.1. The zero-order chi connectivity index (χ0) is 57.3. The summed E-state index contributed by atoms with van der Waals surface area (Å²) in [6, 6.07) is 2.00. The predicted octanol–water partition coefficient (Wildman–Crippen LogP) is 5.30. The molecule has 4 saturated heterocycles. The first-order valence-electron chi connectivity index (χ1n) is 27.9. The maximum Gasteiger partial charge on any atom is 0.509 e. The number of anilines is 1. The topological polar surface area (TPSA) is 248 Å². The van der Waals surface area contributed by atoms with Crippen molar-refractivity contribution in [3.05, 3.63) is 39.9 Å². The smallest absolute Gasteiger partial charge is 0.477 e. The maximum absolute atomic E-state index is 15.3. The average Bonchev–Trinajstić information content (AvgIpc) is 4.21. The number of pyridine rings is 1. The minimum Gasteiger partial charge on any atom is -0.477 e. The van der Waals surface area contributed by atoms with E-state index in [2.05, 4.69) is 10.6 Å². The van der Waals surface area contributed by atoms with Crippen LogP contribution in [0, 0.1) is 23.6 Å². The number of likely N-dealkylation sites (N-methyl/N-ethyl adjacent to an activating group) is 2. The number of nitrogens with zero attached hydrogens (tertiary/aromatic N) is 3. The van der Waals surface area contributed by atoms with E-state index in [0.717, 1.165) is 18.9 Å². The molecule has 1 aliphatic carbocycles. The molecule has 0 amide bonds. The number of methoxy groups -OCH3 is 1. The number of nitrogens with one attached hydrogen (secondary N) is 2. The Hall–Kier alpha value is -4.07. The first-order chi connectivity index (χ1) is 36.6. The van der Waals surface area contributed by atoms with Gasteiger partial charge in [0.1, 0.15) is 29.7 Å². The van der Waals surface area contributed by atoms with Crippen LogP contribution in [0.4, 0.5) is 14.9 Å². The normalized spacial score (nSPS) is 38.5. The highest BCUT2D eigenvalue weighted by atomic mass is 19.1. The summed E-state index contributed by atoms with van der Waals surface area (Å²) in [7, 11) is 7.26. The number of esters is 1. The third kappa shape index (κ3) is 13.3. The molecule has 21 nitrogen and oxygen atoms in total. The van der Waals surface area contributed by atoms with Gasteiger partial charge in [-0.05, 0) is 120 Å².